The molecule has 0 spiro atoms. The van der Waals surface area contributed by atoms with Crippen LogP contribution >= 0.6 is 0 Å². The molecule has 274 valence electrons. The molecule has 2 aliphatic rings. The van der Waals surface area contributed by atoms with E-state index in [0.717, 1.165) is 23.3 Å². The van der Waals surface area contributed by atoms with Crippen molar-refractivity contribution < 1.29 is 57.1 Å². The van der Waals surface area contributed by atoms with E-state index >= 15 is 0 Å². The highest BCUT2D eigenvalue weighted by Gasteiger charge is 2.44. The molecule has 14 heteroatoms. The van der Waals surface area contributed by atoms with Gasteiger partial charge in [-0.05, 0) is 34.4 Å². The van der Waals surface area contributed by atoms with Crippen LogP contribution in [0.1, 0.15) is 45.5 Å². The van der Waals surface area contributed by atoms with E-state index in [0.29, 0.717) is 11.1 Å². The third-order valence-corrected chi connectivity index (χ3v) is 9.39. The molecule has 0 aliphatic heterocycles. The quantitative estimate of drug-likeness (QED) is 0.115. The van der Waals surface area contributed by atoms with E-state index in [2.05, 4.69) is 10.6 Å². The topological polar surface area (TPSA) is 158 Å². The Morgan fingerprint density at radius 3 is 1.40 bits per heavy atom. The third kappa shape index (κ3) is 7.72. The van der Waals surface area contributed by atoms with Gasteiger partial charge in [0, 0.05) is 24.0 Å². The fraction of sp³-hybridized carbons (Fsp3) is 0.316. The maximum absolute atomic E-state index is 14.6. The molecule has 0 heterocycles. The number of benzene rings is 4. The Morgan fingerprint density at radius 2 is 1.00 bits per heavy atom. The van der Waals surface area contributed by atoms with Crippen molar-refractivity contribution in [2.24, 2.45) is 0 Å². The van der Waals surface area contributed by atoms with E-state index in [-0.39, 0.29) is 24.0 Å². The van der Waals surface area contributed by atoms with Gasteiger partial charge in [-0.2, -0.15) is 0 Å². The first-order chi connectivity index (χ1) is 24.9. The number of carbonyl (C=O) groups excluding carboxylic acids is 2. The summed E-state index contributed by atoms with van der Waals surface area (Å²) in [7, 11) is 0. The van der Waals surface area contributed by atoms with Gasteiger partial charge in [0.05, 0.1) is 37.5 Å². The molecule has 2 amide bonds. The van der Waals surface area contributed by atoms with Crippen LogP contribution in [-0.4, -0.2) is 68.9 Å². The van der Waals surface area contributed by atoms with Crippen LogP contribution in [0.15, 0.2) is 84.9 Å². The fourth-order valence-electron chi connectivity index (χ4n) is 6.66. The van der Waals surface area contributed by atoms with Crippen LogP contribution in [-0.2, 0) is 45.1 Å². The van der Waals surface area contributed by atoms with Gasteiger partial charge in [0.2, 0.25) is 0 Å². The lowest BCUT2D eigenvalue weighted by molar-refractivity contribution is -0.171. The van der Waals surface area contributed by atoms with Crippen LogP contribution in [0.4, 0.5) is 17.6 Å². The molecule has 0 saturated carbocycles. The summed E-state index contributed by atoms with van der Waals surface area (Å²) in [4.78, 5) is 27.7. The summed E-state index contributed by atoms with van der Waals surface area (Å²) >= 11 is 0. The Labute approximate surface area is 295 Å². The van der Waals surface area contributed by atoms with Crippen molar-refractivity contribution in [2.75, 3.05) is 0 Å². The summed E-state index contributed by atoms with van der Waals surface area (Å²) in [5.41, 5.74) is 1.94. The van der Waals surface area contributed by atoms with Gasteiger partial charge in [-0.1, -0.05) is 72.8 Å². The molecular formula is C38H36F4N2O8. The number of halogens is 4. The number of hydrogen-bond acceptors (Lipinski definition) is 8. The molecule has 6 N–H and O–H groups in total. The maximum Gasteiger partial charge on any atom is 0.252 e. The first-order valence-electron chi connectivity index (χ1n) is 16.5. The zero-order valence-corrected chi connectivity index (χ0v) is 27.5. The van der Waals surface area contributed by atoms with Gasteiger partial charge in [-0.25, -0.2) is 17.6 Å². The van der Waals surface area contributed by atoms with E-state index in [9.17, 15) is 47.6 Å². The normalized spacial score (nSPS) is 21.5. The maximum atomic E-state index is 14.6. The van der Waals surface area contributed by atoms with Crippen LogP contribution in [0.3, 0.4) is 0 Å². The molecule has 8 atom stereocenters. The van der Waals surface area contributed by atoms with E-state index in [1.165, 1.54) is 24.3 Å². The van der Waals surface area contributed by atoms with Crippen LogP contribution in [0.5, 0.6) is 0 Å². The second-order valence-corrected chi connectivity index (χ2v) is 12.8. The third-order valence-electron chi connectivity index (χ3n) is 9.39. The average Bonchev–Trinajstić information content (AvgIpc) is 3.62. The number of rotatable bonds is 13. The first-order valence-corrected chi connectivity index (χ1v) is 16.5. The predicted molar refractivity (Wildman–Crippen MR) is 176 cm³/mol. The summed E-state index contributed by atoms with van der Waals surface area (Å²) in [6, 6.07) is 18.2. The number of aliphatic hydroxyl groups excluding tert-OH is 4. The van der Waals surface area contributed by atoms with Gasteiger partial charge >= 0.3 is 0 Å². The van der Waals surface area contributed by atoms with Crippen molar-refractivity contribution in [1.29, 1.82) is 0 Å². The summed E-state index contributed by atoms with van der Waals surface area (Å²) < 4.78 is 68.4. The molecule has 0 aromatic heterocycles. The van der Waals surface area contributed by atoms with Crippen LogP contribution in [0.25, 0.3) is 0 Å². The summed E-state index contributed by atoms with van der Waals surface area (Å²) in [6.45, 7) is -1.57. The second-order valence-electron chi connectivity index (χ2n) is 12.8. The Kier molecular flexibility index (Phi) is 11.3. The lowest BCUT2D eigenvalue weighted by atomic mass is 9.99. The van der Waals surface area contributed by atoms with E-state index in [1.807, 2.05) is 0 Å². The summed E-state index contributed by atoms with van der Waals surface area (Å²) in [6.07, 6.45) is -10.7. The highest BCUT2D eigenvalue weighted by Crippen LogP contribution is 2.33. The molecular weight excluding hydrogens is 688 g/mol. The van der Waals surface area contributed by atoms with Crippen molar-refractivity contribution in [3.8, 4) is 0 Å². The number of fused-ring (bicyclic) bond motifs is 2. The van der Waals surface area contributed by atoms with Crippen molar-refractivity contribution in [3.63, 3.8) is 0 Å². The van der Waals surface area contributed by atoms with E-state index in [1.54, 1.807) is 48.5 Å². The largest absolute Gasteiger partial charge is 0.390 e. The highest BCUT2D eigenvalue weighted by molar-refractivity contribution is 5.84. The number of aliphatic hydroxyl groups is 4. The number of nitrogens with one attached hydrogen (secondary N) is 2. The van der Waals surface area contributed by atoms with Gasteiger partial charge < -0.3 is 40.5 Å². The molecule has 0 radical (unpaired) electrons. The second kappa shape index (κ2) is 15.9. The lowest BCUT2D eigenvalue weighted by Gasteiger charge is -2.32. The monoisotopic (exact) mass is 724 g/mol. The van der Waals surface area contributed by atoms with Crippen LogP contribution in [0.2, 0.25) is 0 Å². The molecule has 10 nitrogen and oxygen atoms in total. The first kappa shape index (κ1) is 37.1. The SMILES string of the molecule is O=C(N[C@H]1c2ccccc2C[C@H]1O)[C@H](OCc1cccc(F)c1F)[C@H](O)[C@@H](O)[C@@H](OCc1cccc(F)c1F)C(=O)N[C@H]1c2ccccc2C[C@H]1O. The highest BCUT2D eigenvalue weighted by atomic mass is 19.2. The molecule has 0 unspecified atom stereocenters. The number of hydrogen-bond donors (Lipinski definition) is 6. The molecule has 0 bridgehead atoms. The van der Waals surface area contributed by atoms with Gasteiger partial charge in [-0.15, -0.1) is 0 Å². The van der Waals surface area contributed by atoms with Gasteiger partial charge in [0.25, 0.3) is 11.8 Å². The molecule has 6 rings (SSSR count). The minimum Gasteiger partial charge on any atom is -0.390 e. The van der Waals surface area contributed by atoms with E-state index in [4.69, 9.17) is 9.47 Å². The van der Waals surface area contributed by atoms with E-state index < -0.39 is 97.0 Å². The predicted octanol–water partition coefficient (Wildman–Crippen LogP) is 2.98. The molecule has 0 saturated heterocycles. The molecule has 0 fully saturated rings. The number of amides is 2. The summed E-state index contributed by atoms with van der Waals surface area (Å²) in [5.74, 6) is -7.19. The molecule has 4 aromatic rings. The van der Waals surface area contributed by atoms with Crippen LogP contribution in [0, 0.1) is 23.3 Å². The number of carbonyl (C=O) groups is 2. The Morgan fingerprint density at radius 1 is 0.615 bits per heavy atom. The fourth-order valence-corrected chi connectivity index (χ4v) is 6.66. The molecule has 4 aromatic carbocycles. The minimum absolute atomic E-state index is 0.190. The average molecular weight is 725 g/mol. The lowest BCUT2D eigenvalue weighted by Crippen LogP contribution is -2.57. The Balaban J connectivity index is 1.29. The van der Waals surface area contributed by atoms with Crippen molar-refractivity contribution in [2.45, 2.75) is 74.8 Å². The van der Waals surface area contributed by atoms with Gasteiger partial charge in [0.1, 0.15) is 12.2 Å². The zero-order chi connectivity index (χ0) is 37.1. The minimum atomic E-state index is -2.33. The van der Waals surface area contributed by atoms with Crippen molar-refractivity contribution >= 4 is 11.8 Å². The van der Waals surface area contributed by atoms with Gasteiger partial charge in [0.15, 0.2) is 35.5 Å². The standard InChI is InChI=1S/C38H36F4N2O8/c39-25-13-5-9-21(29(25)41)17-51-35(37(49)43-31-23-11-3-1-7-19(23)15-27(31)45)33(47)34(48)36(52-18-22-10-6-14-26(40)30(22)42)38(50)44-32-24-12-4-2-8-20(24)16-28(32)46/h1-14,27-28,31-36,45-48H,15-18H2,(H,43,49)(H,44,50)/t27-,28-,31+,32+,33-,34-,35-,36-/m1/s1. The van der Waals surface area contributed by atoms with Crippen LogP contribution < -0.4 is 10.6 Å². The molecule has 52 heavy (non-hydrogen) atoms. The number of ether oxygens (including phenoxy) is 2. The van der Waals surface area contributed by atoms with Crippen molar-refractivity contribution in [3.05, 3.63) is 142 Å². The Bertz CT molecular complexity index is 1790. The summed E-state index contributed by atoms with van der Waals surface area (Å²) in [5, 5.41) is 49.8. The zero-order valence-electron chi connectivity index (χ0n) is 27.5. The van der Waals surface area contributed by atoms with Crippen molar-refractivity contribution in [1.82, 2.24) is 10.6 Å². The molecule has 2 aliphatic carbocycles. The Hall–Kier alpha value is -4.70. The smallest absolute Gasteiger partial charge is 0.252 e. The van der Waals surface area contributed by atoms with Gasteiger partial charge in [-0.3, -0.25) is 9.59 Å².